The lowest BCUT2D eigenvalue weighted by molar-refractivity contribution is 0.903. The van der Waals surface area contributed by atoms with Crippen LogP contribution < -0.4 is 4.90 Å². The Kier molecular flexibility index (Phi) is 7.77. The van der Waals surface area contributed by atoms with Gasteiger partial charge in [0.1, 0.15) is 41.7 Å². The van der Waals surface area contributed by atoms with Crippen molar-refractivity contribution >= 4 is 60.8 Å². The third-order valence-corrected chi connectivity index (χ3v) is 8.40. The molecule has 0 unspecified atom stereocenters. The monoisotopic (exact) mass is 577 g/mol. The van der Waals surface area contributed by atoms with Crippen molar-refractivity contribution in [3.8, 4) is 21.1 Å². The fourth-order valence-electron chi connectivity index (χ4n) is 4.16. The van der Waals surface area contributed by atoms with Crippen LogP contribution in [-0.2, 0) is 6.54 Å². The SMILES string of the molecule is CN(Cc1ccccc1)c1ccc2nc(-c3ccccc3)sc2n1.Clc1ccc2nc(-c3ccccc3)sc2n1. The molecule has 8 heteroatoms. The van der Waals surface area contributed by atoms with Crippen LogP contribution in [0.5, 0.6) is 0 Å². The van der Waals surface area contributed by atoms with Gasteiger partial charge in [-0.2, -0.15) is 0 Å². The van der Waals surface area contributed by atoms with Gasteiger partial charge in [-0.25, -0.2) is 19.9 Å². The average molecular weight is 578 g/mol. The van der Waals surface area contributed by atoms with Crippen molar-refractivity contribution in [2.75, 3.05) is 11.9 Å². The first kappa shape index (κ1) is 26.1. The molecule has 0 aliphatic heterocycles. The zero-order valence-electron chi connectivity index (χ0n) is 21.6. The van der Waals surface area contributed by atoms with E-state index in [1.807, 2.05) is 66.7 Å². The Balaban J connectivity index is 0.000000157. The lowest BCUT2D eigenvalue weighted by Crippen LogP contribution is -2.17. The van der Waals surface area contributed by atoms with Gasteiger partial charge in [-0.1, -0.05) is 125 Å². The van der Waals surface area contributed by atoms with Crippen molar-refractivity contribution in [3.63, 3.8) is 0 Å². The fourth-order valence-corrected chi connectivity index (χ4v) is 6.24. The number of aromatic nitrogens is 4. The Morgan fingerprint density at radius 3 is 1.65 bits per heavy atom. The van der Waals surface area contributed by atoms with Crippen LogP contribution in [-0.4, -0.2) is 27.0 Å². The Morgan fingerprint density at radius 2 is 1.07 bits per heavy atom. The van der Waals surface area contributed by atoms with Crippen LogP contribution in [0.4, 0.5) is 5.82 Å². The molecule has 0 atom stereocenters. The van der Waals surface area contributed by atoms with Crippen LogP contribution in [0.3, 0.4) is 0 Å². The molecule has 0 saturated carbocycles. The second kappa shape index (κ2) is 11.9. The van der Waals surface area contributed by atoms with Crippen molar-refractivity contribution in [2.24, 2.45) is 0 Å². The summed E-state index contributed by atoms with van der Waals surface area (Å²) >= 11 is 9.04. The number of benzene rings is 3. The lowest BCUT2D eigenvalue weighted by atomic mass is 10.2. The van der Waals surface area contributed by atoms with E-state index in [4.69, 9.17) is 21.6 Å². The summed E-state index contributed by atoms with van der Waals surface area (Å²) in [5.41, 5.74) is 5.38. The molecule has 3 aromatic carbocycles. The largest absolute Gasteiger partial charge is 0.355 e. The molecule has 0 fully saturated rings. The molecule has 0 aliphatic rings. The smallest absolute Gasteiger partial charge is 0.146 e. The highest BCUT2D eigenvalue weighted by atomic mass is 35.5. The van der Waals surface area contributed by atoms with Gasteiger partial charge in [0.05, 0.1) is 0 Å². The minimum Gasteiger partial charge on any atom is -0.355 e. The first-order valence-corrected chi connectivity index (χ1v) is 14.7. The summed E-state index contributed by atoms with van der Waals surface area (Å²) < 4.78 is 0. The van der Waals surface area contributed by atoms with E-state index in [1.54, 1.807) is 28.7 Å². The van der Waals surface area contributed by atoms with Crippen molar-refractivity contribution in [2.45, 2.75) is 6.54 Å². The van der Waals surface area contributed by atoms with Crippen molar-refractivity contribution in [3.05, 3.63) is 126 Å². The minimum absolute atomic E-state index is 0.510. The molecule has 0 aliphatic carbocycles. The van der Waals surface area contributed by atoms with Crippen LogP contribution >= 0.6 is 34.3 Å². The first-order chi connectivity index (χ1) is 19.6. The molecule has 4 aromatic heterocycles. The highest BCUT2D eigenvalue weighted by Gasteiger charge is 2.10. The highest BCUT2D eigenvalue weighted by Crippen LogP contribution is 2.31. The molecule has 5 nitrogen and oxygen atoms in total. The van der Waals surface area contributed by atoms with Crippen molar-refractivity contribution in [1.29, 1.82) is 0 Å². The molecular formula is C32H24ClN5S2. The van der Waals surface area contributed by atoms with Crippen LogP contribution in [0.1, 0.15) is 5.56 Å². The third kappa shape index (κ3) is 6.02. The van der Waals surface area contributed by atoms with Crippen molar-refractivity contribution < 1.29 is 0 Å². The normalized spacial score (nSPS) is 10.8. The van der Waals surface area contributed by atoms with Crippen LogP contribution in [0, 0.1) is 0 Å². The number of rotatable bonds is 5. The topological polar surface area (TPSA) is 54.8 Å². The second-order valence-corrected chi connectivity index (χ2v) is 11.4. The maximum Gasteiger partial charge on any atom is 0.146 e. The summed E-state index contributed by atoms with van der Waals surface area (Å²) in [5, 5.41) is 2.50. The van der Waals surface area contributed by atoms with Gasteiger partial charge in [0, 0.05) is 24.7 Å². The predicted molar refractivity (Wildman–Crippen MR) is 169 cm³/mol. The number of anilines is 1. The molecule has 4 heterocycles. The number of thiazole rings is 2. The molecule has 0 bridgehead atoms. The summed E-state index contributed by atoms with van der Waals surface area (Å²) in [5.74, 6) is 0.967. The van der Waals surface area contributed by atoms with Crippen LogP contribution in [0.25, 0.3) is 41.8 Å². The molecule has 0 N–H and O–H groups in total. The van der Waals surface area contributed by atoms with Gasteiger partial charge in [0.2, 0.25) is 0 Å². The van der Waals surface area contributed by atoms with Crippen molar-refractivity contribution in [1.82, 2.24) is 19.9 Å². The van der Waals surface area contributed by atoms with E-state index in [9.17, 15) is 0 Å². The number of pyridine rings is 2. The Bertz CT molecular complexity index is 1850. The molecule has 0 spiro atoms. The molecule has 7 aromatic rings. The predicted octanol–water partition coefficient (Wildman–Crippen LogP) is 9.01. The summed E-state index contributed by atoms with van der Waals surface area (Å²) in [4.78, 5) is 22.3. The molecule has 7 rings (SSSR count). The Labute approximate surface area is 245 Å². The molecular weight excluding hydrogens is 554 g/mol. The third-order valence-electron chi connectivity index (χ3n) is 6.16. The van der Waals surface area contributed by atoms with Gasteiger partial charge < -0.3 is 4.90 Å². The summed E-state index contributed by atoms with van der Waals surface area (Å²) in [6.45, 7) is 0.837. The van der Waals surface area contributed by atoms with E-state index in [0.717, 1.165) is 54.2 Å². The number of nitrogens with zero attached hydrogens (tertiary/aromatic N) is 5. The lowest BCUT2D eigenvalue weighted by Gasteiger charge is -2.18. The molecule has 196 valence electrons. The Morgan fingerprint density at radius 1 is 0.575 bits per heavy atom. The van der Waals surface area contributed by atoms with E-state index in [0.29, 0.717) is 5.15 Å². The molecule has 40 heavy (non-hydrogen) atoms. The van der Waals surface area contributed by atoms with E-state index >= 15 is 0 Å². The maximum absolute atomic E-state index is 5.84. The van der Waals surface area contributed by atoms with Gasteiger partial charge >= 0.3 is 0 Å². The van der Waals surface area contributed by atoms with E-state index in [2.05, 4.69) is 64.4 Å². The zero-order valence-corrected chi connectivity index (χ0v) is 24.0. The first-order valence-electron chi connectivity index (χ1n) is 12.7. The van der Waals surface area contributed by atoms with E-state index in [1.165, 1.54) is 5.56 Å². The maximum atomic E-state index is 5.84. The average Bonchev–Trinajstić information content (AvgIpc) is 3.63. The number of hydrogen-bond acceptors (Lipinski definition) is 7. The van der Waals surface area contributed by atoms with Crippen LogP contribution in [0.2, 0.25) is 5.15 Å². The summed E-state index contributed by atoms with van der Waals surface area (Å²) in [6.07, 6.45) is 0. The highest BCUT2D eigenvalue weighted by molar-refractivity contribution is 7.21. The summed E-state index contributed by atoms with van der Waals surface area (Å²) in [6, 6.07) is 38.5. The van der Waals surface area contributed by atoms with E-state index in [-0.39, 0.29) is 0 Å². The summed E-state index contributed by atoms with van der Waals surface area (Å²) in [7, 11) is 2.07. The zero-order chi connectivity index (χ0) is 27.3. The molecule has 0 radical (unpaired) electrons. The second-order valence-electron chi connectivity index (χ2n) is 9.06. The van der Waals surface area contributed by atoms with Gasteiger partial charge in [0.15, 0.2) is 0 Å². The number of halogens is 1. The van der Waals surface area contributed by atoms with Gasteiger partial charge in [-0.05, 0) is 29.8 Å². The van der Waals surface area contributed by atoms with Gasteiger partial charge in [0.25, 0.3) is 0 Å². The minimum atomic E-state index is 0.510. The number of fused-ring (bicyclic) bond motifs is 2. The quantitative estimate of drug-likeness (QED) is 0.191. The fraction of sp³-hybridized carbons (Fsp3) is 0.0625. The number of hydrogen-bond donors (Lipinski definition) is 0. The van der Waals surface area contributed by atoms with Gasteiger partial charge in [-0.3, -0.25) is 0 Å². The van der Waals surface area contributed by atoms with Crippen LogP contribution in [0.15, 0.2) is 115 Å². The molecule has 0 amide bonds. The Hall–Kier alpha value is -4.17. The van der Waals surface area contributed by atoms with E-state index < -0.39 is 0 Å². The van der Waals surface area contributed by atoms with Gasteiger partial charge in [-0.15, -0.1) is 0 Å². The molecule has 0 saturated heterocycles. The standard InChI is InChI=1S/C20H17N3S.C12H7ClN2S/c1-23(14-15-8-4-2-5-9-15)18-13-12-17-20(22-18)24-19(21-17)16-10-6-3-7-11-16;13-10-7-6-9-12(15-10)16-11(14-9)8-4-2-1-3-5-8/h2-13H,14H2,1H3;1-7H.